The number of aliphatic hydroxyl groups is 1. The quantitative estimate of drug-likeness (QED) is 0.395. The van der Waals surface area contributed by atoms with Crippen LogP contribution in [0.25, 0.3) is 0 Å². The lowest BCUT2D eigenvalue weighted by Crippen LogP contribution is -2.15. The molecule has 7 nitrogen and oxygen atoms in total. The second-order valence-corrected chi connectivity index (χ2v) is 3.10. The van der Waals surface area contributed by atoms with Gasteiger partial charge >= 0.3 is 0 Å². The lowest BCUT2D eigenvalue weighted by molar-refractivity contribution is -0.113. The van der Waals surface area contributed by atoms with Crippen LogP contribution in [0.3, 0.4) is 0 Å². The molecule has 0 amide bonds. The van der Waals surface area contributed by atoms with Gasteiger partial charge in [0.15, 0.2) is 17.3 Å². The van der Waals surface area contributed by atoms with Crippen molar-refractivity contribution in [3.05, 3.63) is 17.0 Å². The van der Waals surface area contributed by atoms with Crippen molar-refractivity contribution >= 4 is 17.3 Å². The number of aromatic nitrogens is 2. The Kier molecular flexibility index (Phi) is 3.39. The molecule has 0 saturated carbocycles. The van der Waals surface area contributed by atoms with Gasteiger partial charge < -0.3 is 10.8 Å². The fourth-order valence-electron chi connectivity index (χ4n) is 1.19. The fraction of sp³-hybridized carbons (Fsp3) is 0.333. The molecule has 1 rings (SSSR count). The molecule has 0 bridgehead atoms. The summed E-state index contributed by atoms with van der Waals surface area (Å²) in [6.45, 7) is 2.91. The van der Waals surface area contributed by atoms with E-state index in [0.29, 0.717) is 0 Å². The van der Waals surface area contributed by atoms with E-state index in [1.54, 1.807) is 6.92 Å². The molecule has 16 heavy (non-hydrogen) atoms. The molecule has 0 spiro atoms. The van der Waals surface area contributed by atoms with Gasteiger partial charge in [-0.3, -0.25) is 10.2 Å². The Morgan fingerprint density at radius 1 is 1.56 bits per heavy atom. The summed E-state index contributed by atoms with van der Waals surface area (Å²) in [5, 5.41) is 24.0. The van der Waals surface area contributed by atoms with Crippen molar-refractivity contribution in [2.45, 2.75) is 20.3 Å². The SMILES string of the molecule is CC/C(O)=C(/C(=N)c1nonc1N)C(C)=O. The third-order valence-corrected chi connectivity index (χ3v) is 1.98. The molecule has 0 aliphatic heterocycles. The number of ketones is 1. The maximum Gasteiger partial charge on any atom is 0.198 e. The highest BCUT2D eigenvalue weighted by atomic mass is 16.6. The van der Waals surface area contributed by atoms with E-state index in [1.165, 1.54) is 6.92 Å². The van der Waals surface area contributed by atoms with Gasteiger partial charge in [0, 0.05) is 6.42 Å². The Morgan fingerprint density at radius 2 is 2.19 bits per heavy atom. The third-order valence-electron chi connectivity index (χ3n) is 1.98. The van der Waals surface area contributed by atoms with Crippen molar-refractivity contribution in [2.24, 2.45) is 0 Å². The zero-order chi connectivity index (χ0) is 12.3. The normalized spacial score (nSPS) is 12.1. The topological polar surface area (TPSA) is 126 Å². The van der Waals surface area contributed by atoms with Crippen LogP contribution < -0.4 is 5.73 Å². The number of hydrogen-bond donors (Lipinski definition) is 3. The fourth-order valence-corrected chi connectivity index (χ4v) is 1.19. The van der Waals surface area contributed by atoms with Crippen molar-refractivity contribution in [1.29, 1.82) is 5.41 Å². The van der Waals surface area contributed by atoms with Crippen LogP contribution in [0.2, 0.25) is 0 Å². The van der Waals surface area contributed by atoms with Gasteiger partial charge in [-0.05, 0) is 17.2 Å². The van der Waals surface area contributed by atoms with E-state index in [0.717, 1.165) is 0 Å². The number of nitrogens with one attached hydrogen (secondary N) is 1. The van der Waals surface area contributed by atoms with E-state index in [2.05, 4.69) is 14.9 Å². The van der Waals surface area contributed by atoms with Crippen LogP contribution in [0.15, 0.2) is 16.0 Å². The number of carbonyl (C=O) groups is 1. The summed E-state index contributed by atoms with van der Waals surface area (Å²) in [5.74, 6) is -0.709. The Morgan fingerprint density at radius 3 is 2.56 bits per heavy atom. The number of Topliss-reactive ketones (excluding diaryl/α,β-unsaturated/α-hetero) is 1. The zero-order valence-corrected chi connectivity index (χ0v) is 8.94. The summed E-state index contributed by atoms with van der Waals surface area (Å²) in [4.78, 5) is 11.3. The summed E-state index contributed by atoms with van der Waals surface area (Å²) >= 11 is 0. The molecule has 0 fully saturated rings. The molecule has 1 aromatic heterocycles. The lowest BCUT2D eigenvalue weighted by Gasteiger charge is -2.05. The van der Waals surface area contributed by atoms with E-state index in [4.69, 9.17) is 11.1 Å². The number of nitrogens with two attached hydrogens (primary N) is 1. The molecular weight excluding hydrogens is 212 g/mol. The highest BCUT2D eigenvalue weighted by Gasteiger charge is 2.22. The summed E-state index contributed by atoms with van der Waals surface area (Å²) in [5.41, 5.74) is 4.94. The van der Waals surface area contributed by atoms with E-state index < -0.39 is 5.78 Å². The van der Waals surface area contributed by atoms with E-state index in [1.807, 2.05) is 0 Å². The number of nitrogens with zero attached hydrogens (tertiary/aromatic N) is 2. The van der Waals surface area contributed by atoms with Crippen LogP contribution in [0.1, 0.15) is 26.0 Å². The number of carbonyl (C=O) groups excluding carboxylic acids is 1. The first-order valence-corrected chi connectivity index (χ1v) is 4.59. The Balaban J connectivity index is 3.22. The van der Waals surface area contributed by atoms with Gasteiger partial charge in [0.2, 0.25) is 0 Å². The smallest absolute Gasteiger partial charge is 0.198 e. The number of nitrogen functional groups attached to an aromatic ring is 1. The van der Waals surface area contributed by atoms with E-state index in [9.17, 15) is 9.90 Å². The molecular formula is C9H12N4O3. The zero-order valence-electron chi connectivity index (χ0n) is 8.94. The van der Waals surface area contributed by atoms with Crippen molar-refractivity contribution < 1.29 is 14.5 Å². The summed E-state index contributed by atoms with van der Waals surface area (Å²) in [7, 11) is 0. The maximum absolute atomic E-state index is 11.3. The monoisotopic (exact) mass is 224 g/mol. The highest BCUT2D eigenvalue weighted by molar-refractivity contribution is 6.27. The molecule has 86 valence electrons. The lowest BCUT2D eigenvalue weighted by atomic mass is 10.0. The molecule has 7 heteroatoms. The largest absolute Gasteiger partial charge is 0.511 e. The maximum atomic E-state index is 11.3. The van der Waals surface area contributed by atoms with Crippen molar-refractivity contribution in [3.63, 3.8) is 0 Å². The second kappa shape index (κ2) is 4.56. The Bertz CT molecular complexity index is 461. The van der Waals surface area contributed by atoms with Crippen LogP contribution >= 0.6 is 0 Å². The van der Waals surface area contributed by atoms with Gasteiger partial charge in [-0.1, -0.05) is 6.92 Å². The van der Waals surface area contributed by atoms with Gasteiger partial charge in [0.05, 0.1) is 5.57 Å². The van der Waals surface area contributed by atoms with Gasteiger partial charge in [-0.25, -0.2) is 4.63 Å². The summed E-state index contributed by atoms with van der Waals surface area (Å²) in [6.07, 6.45) is 0.239. The number of rotatable bonds is 4. The van der Waals surface area contributed by atoms with Crippen LogP contribution in [0.5, 0.6) is 0 Å². The Hall–Kier alpha value is -2.18. The molecule has 0 saturated heterocycles. The van der Waals surface area contributed by atoms with Gasteiger partial charge in [0.25, 0.3) is 0 Å². The minimum atomic E-state index is -0.438. The summed E-state index contributed by atoms with van der Waals surface area (Å²) in [6, 6.07) is 0. The molecule has 0 unspecified atom stereocenters. The van der Waals surface area contributed by atoms with Gasteiger partial charge in [-0.2, -0.15) is 0 Å². The second-order valence-electron chi connectivity index (χ2n) is 3.10. The van der Waals surface area contributed by atoms with Crippen molar-refractivity contribution in [2.75, 3.05) is 5.73 Å². The molecule has 0 aromatic carbocycles. The molecule has 0 aliphatic rings. The average molecular weight is 224 g/mol. The number of hydrogen-bond acceptors (Lipinski definition) is 7. The molecule has 1 heterocycles. The van der Waals surface area contributed by atoms with Crippen molar-refractivity contribution in [3.8, 4) is 0 Å². The van der Waals surface area contributed by atoms with E-state index in [-0.39, 0.29) is 35.0 Å². The van der Waals surface area contributed by atoms with Gasteiger partial charge in [0.1, 0.15) is 11.5 Å². The predicted octanol–water partition coefficient (Wildman–Crippen LogP) is 0.831. The van der Waals surface area contributed by atoms with Crippen LogP contribution in [0.4, 0.5) is 5.82 Å². The number of aliphatic hydroxyl groups excluding tert-OH is 1. The van der Waals surface area contributed by atoms with Crippen molar-refractivity contribution in [1.82, 2.24) is 10.3 Å². The molecule has 4 N–H and O–H groups in total. The molecule has 0 atom stereocenters. The van der Waals surface area contributed by atoms with Crippen LogP contribution in [-0.4, -0.2) is 26.9 Å². The standard InChI is InChI=1S/C9H12N4O3/c1-3-5(15)6(4(2)14)7(10)8-9(11)13-16-12-8/h10,15H,3H2,1-2H3,(H2,11,13)/b6-5-,10-7?. The van der Waals surface area contributed by atoms with E-state index >= 15 is 0 Å². The number of allylic oxidation sites excluding steroid dienone is 2. The molecule has 0 aliphatic carbocycles. The first-order valence-electron chi connectivity index (χ1n) is 4.59. The van der Waals surface area contributed by atoms with Gasteiger partial charge in [-0.15, -0.1) is 0 Å². The van der Waals surface area contributed by atoms with Crippen LogP contribution in [0, 0.1) is 5.41 Å². The molecule has 1 aromatic rings. The first kappa shape index (κ1) is 11.9. The minimum absolute atomic E-state index is 0.0507. The molecule has 0 radical (unpaired) electrons. The minimum Gasteiger partial charge on any atom is -0.511 e. The first-order chi connectivity index (χ1) is 7.49. The summed E-state index contributed by atoms with van der Waals surface area (Å²) < 4.78 is 4.33. The highest BCUT2D eigenvalue weighted by Crippen LogP contribution is 2.16. The van der Waals surface area contributed by atoms with Crippen LogP contribution in [-0.2, 0) is 4.79 Å². The Labute approximate surface area is 91.4 Å². The average Bonchev–Trinajstić information content (AvgIpc) is 2.63. The third kappa shape index (κ3) is 2.08. The predicted molar refractivity (Wildman–Crippen MR) is 56.2 cm³/mol. The number of anilines is 1.